The molecule has 2 aromatic rings. The summed E-state index contributed by atoms with van der Waals surface area (Å²) in [5.74, 6) is 0.702. The molecule has 0 aliphatic rings. The van der Waals surface area contributed by atoms with Crippen LogP contribution in [0, 0.1) is 6.92 Å². The highest BCUT2D eigenvalue weighted by atomic mass is 16.3. The number of rotatable bonds is 1. The lowest BCUT2D eigenvalue weighted by Crippen LogP contribution is -1.98. The van der Waals surface area contributed by atoms with E-state index in [0.29, 0.717) is 5.82 Å². The van der Waals surface area contributed by atoms with Gasteiger partial charge in [-0.2, -0.15) is 0 Å². The Balaban J connectivity index is 2.78. The van der Waals surface area contributed by atoms with E-state index in [1.54, 1.807) is 6.92 Å². The van der Waals surface area contributed by atoms with Crippen LogP contribution in [0.1, 0.15) is 24.5 Å². The normalized spacial score (nSPS) is 13.5. The summed E-state index contributed by atoms with van der Waals surface area (Å²) in [5.41, 5.74) is 2.01. The summed E-state index contributed by atoms with van der Waals surface area (Å²) in [6, 6.07) is 5.89. The van der Waals surface area contributed by atoms with Crippen LogP contribution in [0.2, 0.25) is 0 Å². The van der Waals surface area contributed by atoms with Crippen LogP contribution in [0.5, 0.6) is 0 Å². The van der Waals surface area contributed by atoms with Gasteiger partial charge in [0.25, 0.3) is 0 Å². The van der Waals surface area contributed by atoms with Crippen LogP contribution in [-0.2, 0) is 0 Å². The van der Waals surface area contributed by atoms with Crippen molar-refractivity contribution in [1.82, 2.24) is 9.38 Å². The van der Waals surface area contributed by atoms with Crippen molar-refractivity contribution in [1.29, 1.82) is 0 Å². The monoisotopic (exact) mass is 176 g/mol. The van der Waals surface area contributed by atoms with Gasteiger partial charge in [-0.25, -0.2) is 4.98 Å². The Kier molecular flexibility index (Phi) is 1.81. The summed E-state index contributed by atoms with van der Waals surface area (Å²) in [6.07, 6.45) is 1.39. The van der Waals surface area contributed by atoms with Crippen molar-refractivity contribution < 1.29 is 5.11 Å². The molecule has 1 unspecified atom stereocenters. The van der Waals surface area contributed by atoms with Gasteiger partial charge in [0.2, 0.25) is 0 Å². The minimum Gasteiger partial charge on any atom is -0.385 e. The third kappa shape index (κ3) is 1.21. The smallest absolute Gasteiger partial charge is 0.142 e. The third-order valence-corrected chi connectivity index (χ3v) is 2.13. The van der Waals surface area contributed by atoms with Crippen molar-refractivity contribution >= 4 is 5.52 Å². The minimum absolute atomic E-state index is 0.524. The number of hydrogen-bond acceptors (Lipinski definition) is 2. The molecule has 0 fully saturated rings. The van der Waals surface area contributed by atoms with Crippen molar-refractivity contribution in [3.8, 4) is 0 Å². The zero-order valence-corrected chi connectivity index (χ0v) is 7.73. The van der Waals surface area contributed by atoms with E-state index in [1.807, 2.05) is 35.7 Å². The zero-order chi connectivity index (χ0) is 9.42. The lowest BCUT2D eigenvalue weighted by Gasteiger charge is -2.01. The SMILES string of the molecule is Cc1nc(C(C)O)n2ccccc12. The predicted molar refractivity (Wildman–Crippen MR) is 50.6 cm³/mol. The Bertz CT molecular complexity index is 431. The number of imidazole rings is 1. The van der Waals surface area contributed by atoms with E-state index in [4.69, 9.17) is 0 Å². The first kappa shape index (κ1) is 8.26. The van der Waals surface area contributed by atoms with Crippen LogP contribution in [0.4, 0.5) is 0 Å². The molecule has 0 spiro atoms. The molecule has 0 aliphatic heterocycles. The van der Waals surface area contributed by atoms with E-state index >= 15 is 0 Å². The average molecular weight is 176 g/mol. The Labute approximate surface area is 76.7 Å². The molecule has 2 heterocycles. The van der Waals surface area contributed by atoms with Crippen molar-refractivity contribution in [3.63, 3.8) is 0 Å². The summed E-state index contributed by atoms with van der Waals surface area (Å²) in [4.78, 5) is 4.30. The van der Waals surface area contributed by atoms with Crippen LogP contribution in [0.3, 0.4) is 0 Å². The van der Waals surface area contributed by atoms with Gasteiger partial charge in [-0.3, -0.25) is 0 Å². The van der Waals surface area contributed by atoms with Gasteiger partial charge in [-0.05, 0) is 26.0 Å². The number of aromatic nitrogens is 2. The topological polar surface area (TPSA) is 37.5 Å². The maximum Gasteiger partial charge on any atom is 0.142 e. The van der Waals surface area contributed by atoms with E-state index in [9.17, 15) is 5.11 Å². The third-order valence-electron chi connectivity index (χ3n) is 2.13. The summed E-state index contributed by atoms with van der Waals surface area (Å²) < 4.78 is 1.92. The fraction of sp³-hybridized carbons (Fsp3) is 0.300. The summed E-state index contributed by atoms with van der Waals surface area (Å²) in [7, 11) is 0. The molecule has 0 amide bonds. The summed E-state index contributed by atoms with van der Waals surface area (Å²) in [6.45, 7) is 3.67. The van der Waals surface area contributed by atoms with E-state index in [2.05, 4.69) is 4.98 Å². The van der Waals surface area contributed by atoms with Gasteiger partial charge in [0.1, 0.15) is 11.9 Å². The fourth-order valence-corrected chi connectivity index (χ4v) is 1.52. The van der Waals surface area contributed by atoms with E-state index in [0.717, 1.165) is 11.2 Å². The molecule has 1 atom stereocenters. The second-order valence-corrected chi connectivity index (χ2v) is 3.19. The first-order valence-electron chi connectivity index (χ1n) is 4.32. The maximum atomic E-state index is 9.45. The van der Waals surface area contributed by atoms with Crippen LogP contribution >= 0.6 is 0 Å². The van der Waals surface area contributed by atoms with Gasteiger partial charge in [0, 0.05) is 6.20 Å². The van der Waals surface area contributed by atoms with Crippen LogP contribution < -0.4 is 0 Å². The molecular formula is C10H12N2O. The quantitative estimate of drug-likeness (QED) is 0.718. The number of pyridine rings is 1. The first-order valence-corrected chi connectivity index (χ1v) is 4.32. The molecule has 0 aliphatic carbocycles. The maximum absolute atomic E-state index is 9.45. The molecule has 0 radical (unpaired) electrons. The highest BCUT2D eigenvalue weighted by molar-refractivity contribution is 5.52. The lowest BCUT2D eigenvalue weighted by atomic mass is 10.3. The Morgan fingerprint density at radius 1 is 1.46 bits per heavy atom. The zero-order valence-electron chi connectivity index (χ0n) is 7.73. The molecule has 2 aromatic heterocycles. The van der Waals surface area contributed by atoms with Crippen molar-refractivity contribution in [2.75, 3.05) is 0 Å². The van der Waals surface area contributed by atoms with E-state index in [1.165, 1.54) is 0 Å². The van der Waals surface area contributed by atoms with Gasteiger partial charge in [0.05, 0.1) is 11.2 Å². The van der Waals surface area contributed by atoms with Crippen LogP contribution in [0.25, 0.3) is 5.52 Å². The number of aliphatic hydroxyl groups is 1. The molecule has 0 saturated carbocycles. The molecule has 0 aromatic carbocycles. The highest BCUT2D eigenvalue weighted by Crippen LogP contribution is 2.16. The lowest BCUT2D eigenvalue weighted by molar-refractivity contribution is 0.188. The second kappa shape index (κ2) is 2.85. The van der Waals surface area contributed by atoms with Gasteiger partial charge >= 0.3 is 0 Å². The fourth-order valence-electron chi connectivity index (χ4n) is 1.52. The van der Waals surface area contributed by atoms with Crippen molar-refractivity contribution in [2.45, 2.75) is 20.0 Å². The highest BCUT2D eigenvalue weighted by Gasteiger charge is 2.10. The number of aryl methyl sites for hydroxylation is 1. The molecule has 3 nitrogen and oxygen atoms in total. The molecule has 2 rings (SSSR count). The van der Waals surface area contributed by atoms with E-state index in [-0.39, 0.29) is 0 Å². The number of nitrogens with zero attached hydrogens (tertiary/aromatic N) is 2. The minimum atomic E-state index is -0.524. The molecule has 1 N–H and O–H groups in total. The van der Waals surface area contributed by atoms with Crippen molar-refractivity contribution in [2.24, 2.45) is 0 Å². The van der Waals surface area contributed by atoms with Gasteiger partial charge in [-0.1, -0.05) is 6.07 Å². The Morgan fingerprint density at radius 3 is 2.92 bits per heavy atom. The van der Waals surface area contributed by atoms with E-state index < -0.39 is 6.10 Å². The molecule has 3 heteroatoms. The Hall–Kier alpha value is -1.35. The number of fused-ring (bicyclic) bond motifs is 1. The van der Waals surface area contributed by atoms with Gasteiger partial charge < -0.3 is 9.51 Å². The number of aliphatic hydroxyl groups excluding tert-OH is 1. The predicted octanol–water partition coefficient (Wildman–Crippen LogP) is 1.70. The largest absolute Gasteiger partial charge is 0.385 e. The van der Waals surface area contributed by atoms with Gasteiger partial charge in [0.15, 0.2) is 0 Å². The summed E-state index contributed by atoms with van der Waals surface area (Å²) >= 11 is 0. The second-order valence-electron chi connectivity index (χ2n) is 3.19. The average Bonchev–Trinajstić information content (AvgIpc) is 2.45. The molecule has 68 valence electrons. The standard InChI is InChI=1S/C10H12N2O/c1-7-9-5-3-4-6-12(9)10(11-7)8(2)13/h3-6,8,13H,1-2H3. The van der Waals surface area contributed by atoms with Crippen molar-refractivity contribution in [3.05, 3.63) is 35.9 Å². The molecular weight excluding hydrogens is 164 g/mol. The van der Waals surface area contributed by atoms with Crippen LogP contribution in [0.15, 0.2) is 24.4 Å². The summed E-state index contributed by atoms with van der Waals surface area (Å²) in [5, 5.41) is 9.45. The van der Waals surface area contributed by atoms with Crippen LogP contribution in [-0.4, -0.2) is 14.5 Å². The molecule has 13 heavy (non-hydrogen) atoms. The molecule has 0 bridgehead atoms. The first-order chi connectivity index (χ1) is 6.20. The number of hydrogen-bond donors (Lipinski definition) is 1. The Morgan fingerprint density at radius 2 is 2.23 bits per heavy atom. The van der Waals surface area contributed by atoms with Gasteiger partial charge in [-0.15, -0.1) is 0 Å². The molecule has 0 saturated heterocycles.